The normalized spacial score (nSPS) is 36.3. The van der Waals surface area contributed by atoms with Crippen LogP contribution in [-0.2, 0) is 15.1 Å². The van der Waals surface area contributed by atoms with E-state index >= 15 is 0 Å². The number of halogens is 2. The number of thiophene rings is 1. The van der Waals surface area contributed by atoms with Gasteiger partial charge in [0.1, 0.15) is 11.4 Å². The number of hydrogen-bond donors (Lipinski definition) is 1. The van der Waals surface area contributed by atoms with Crippen molar-refractivity contribution in [3.8, 4) is 0 Å². The summed E-state index contributed by atoms with van der Waals surface area (Å²) in [4.78, 5) is 5.55. The molecule has 2 aliphatic rings. The molecule has 19 heavy (non-hydrogen) atoms. The summed E-state index contributed by atoms with van der Waals surface area (Å²) in [5.41, 5.74) is 5.47. The maximum absolute atomic E-state index is 12.9. The van der Waals surface area contributed by atoms with Crippen LogP contribution in [0.3, 0.4) is 0 Å². The molecule has 104 valence electrons. The average Bonchev–Trinajstić information content (AvgIpc) is 2.98. The first-order chi connectivity index (χ1) is 8.70. The zero-order valence-corrected chi connectivity index (χ0v) is 14.4. The van der Waals surface area contributed by atoms with Crippen LogP contribution in [0.4, 0.5) is 0 Å². The van der Waals surface area contributed by atoms with Gasteiger partial charge in [0.2, 0.25) is 0 Å². The van der Waals surface area contributed by atoms with Gasteiger partial charge in [-0.15, -0.1) is 11.3 Å². The Bertz CT molecular complexity index is 691. The van der Waals surface area contributed by atoms with Crippen LogP contribution in [0, 0.1) is 0 Å². The van der Waals surface area contributed by atoms with Crippen LogP contribution in [0.25, 0.3) is 0 Å². The highest BCUT2D eigenvalue weighted by Crippen LogP contribution is 2.52. The molecule has 1 unspecified atom stereocenters. The van der Waals surface area contributed by atoms with Crippen molar-refractivity contribution in [1.82, 2.24) is 0 Å². The predicted molar refractivity (Wildman–Crippen MR) is 88.1 cm³/mol. The number of amidine groups is 1. The lowest BCUT2D eigenvalue weighted by atomic mass is 10.0. The summed E-state index contributed by atoms with van der Waals surface area (Å²) in [6, 6.07) is 1.84. The molecule has 2 heterocycles. The predicted octanol–water partition coefficient (Wildman–Crippen LogP) is 3.00. The van der Waals surface area contributed by atoms with Crippen LogP contribution < -0.4 is 5.73 Å². The fourth-order valence-corrected chi connectivity index (χ4v) is 7.71. The minimum absolute atomic E-state index is 0.410. The van der Waals surface area contributed by atoms with Gasteiger partial charge in [-0.05, 0) is 57.2 Å². The Balaban J connectivity index is 2.17. The van der Waals surface area contributed by atoms with Gasteiger partial charge >= 0.3 is 0 Å². The summed E-state index contributed by atoms with van der Waals surface area (Å²) in [6.07, 6.45) is 1.67. The maximum Gasteiger partial charge on any atom is 0.113 e. The minimum atomic E-state index is -2.29. The molecule has 0 saturated heterocycles. The first-order valence-corrected chi connectivity index (χ1v) is 9.74. The van der Waals surface area contributed by atoms with Crippen molar-refractivity contribution >= 4 is 60.1 Å². The molecule has 3 rings (SSSR count). The minimum Gasteiger partial charge on any atom is -0.386 e. The lowest BCUT2D eigenvalue weighted by molar-refractivity contribution is 0.553. The van der Waals surface area contributed by atoms with Gasteiger partial charge < -0.3 is 5.73 Å². The zero-order valence-electron chi connectivity index (χ0n) is 10.4. The van der Waals surface area contributed by atoms with Crippen molar-refractivity contribution in [1.29, 1.82) is 0 Å². The van der Waals surface area contributed by atoms with E-state index in [9.17, 15) is 4.21 Å². The standard InChI is InChI=1S/C12H14BrClN2OS2/c1-11(9-7(14)5-8(13)18-9)6-19(2,17)12(3-4-12)10(15)16-11/h5H,2-4,6H2,1H3,(H2,15,16)/t11-,19?/m0/s1. The van der Waals surface area contributed by atoms with Gasteiger partial charge in [-0.2, -0.15) is 0 Å². The van der Waals surface area contributed by atoms with E-state index in [2.05, 4.69) is 26.8 Å². The fourth-order valence-electron chi connectivity index (χ4n) is 2.75. The molecule has 0 bridgehead atoms. The quantitative estimate of drug-likeness (QED) is 0.760. The molecular formula is C12H14BrClN2OS2. The van der Waals surface area contributed by atoms with Crippen molar-refractivity contribution in [3.05, 3.63) is 19.8 Å². The van der Waals surface area contributed by atoms with Gasteiger partial charge in [0.05, 0.1) is 18.4 Å². The number of nitrogens with two attached hydrogens (primary N) is 1. The van der Waals surface area contributed by atoms with E-state index in [-0.39, 0.29) is 0 Å². The van der Waals surface area contributed by atoms with Crippen molar-refractivity contribution < 1.29 is 4.21 Å². The van der Waals surface area contributed by atoms with E-state index in [4.69, 9.17) is 17.3 Å². The Hall–Kier alpha value is -0.0400. The first-order valence-electron chi connectivity index (χ1n) is 5.86. The summed E-state index contributed by atoms with van der Waals surface area (Å²) in [7, 11) is -2.29. The Morgan fingerprint density at radius 2 is 2.26 bits per heavy atom. The van der Waals surface area contributed by atoms with Gasteiger partial charge in [-0.1, -0.05) is 11.6 Å². The number of nitrogens with zero attached hydrogens (tertiary/aromatic N) is 1. The number of aliphatic imine (C=N–C) groups is 1. The Morgan fingerprint density at radius 1 is 1.63 bits per heavy atom. The molecule has 1 aromatic heterocycles. The third-order valence-corrected chi connectivity index (χ3v) is 9.28. The zero-order chi connectivity index (χ0) is 14.1. The molecule has 0 radical (unpaired) electrons. The maximum atomic E-state index is 12.9. The largest absolute Gasteiger partial charge is 0.386 e. The van der Waals surface area contributed by atoms with Crippen LogP contribution >= 0.6 is 38.9 Å². The van der Waals surface area contributed by atoms with Crippen molar-refractivity contribution in [2.45, 2.75) is 30.1 Å². The SMILES string of the molecule is C=S1(=O)C[C@@](C)(c2sc(Br)cc2Cl)N=C(N)C12CC2. The Labute approximate surface area is 130 Å². The summed E-state index contributed by atoms with van der Waals surface area (Å²) >= 11 is 11.2. The molecule has 2 atom stereocenters. The van der Waals surface area contributed by atoms with Crippen LogP contribution in [0.2, 0.25) is 5.02 Å². The third kappa shape index (κ3) is 1.91. The lowest BCUT2D eigenvalue weighted by Gasteiger charge is -2.36. The fraction of sp³-hybridized carbons (Fsp3) is 0.500. The van der Waals surface area contributed by atoms with E-state index < -0.39 is 19.8 Å². The van der Waals surface area contributed by atoms with Crippen LogP contribution in [0.15, 0.2) is 14.8 Å². The highest BCUT2D eigenvalue weighted by atomic mass is 79.9. The molecule has 1 saturated carbocycles. The topological polar surface area (TPSA) is 55.5 Å². The molecule has 3 nitrogen and oxygen atoms in total. The molecular weight excluding hydrogens is 368 g/mol. The average molecular weight is 382 g/mol. The second-order valence-corrected chi connectivity index (χ2v) is 11.0. The molecule has 2 N–H and O–H groups in total. The lowest BCUT2D eigenvalue weighted by Crippen LogP contribution is -2.50. The molecule has 1 aliphatic heterocycles. The second-order valence-electron chi connectivity index (χ2n) is 5.45. The van der Waals surface area contributed by atoms with Crippen LogP contribution in [0.5, 0.6) is 0 Å². The van der Waals surface area contributed by atoms with Crippen LogP contribution in [-0.4, -0.2) is 26.4 Å². The summed E-state index contributed by atoms with van der Waals surface area (Å²) in [5, 5.41) is 0.637. The van der Waals surface area contributed by atoms with E-state index in [1.165, 1.54) is 11.3 Å². The summed E-state index contributed by atoms with van der Waals surface area (Å²) in [5.74, 6) is 4.87. The number of rotatable bonds is 1. The first kappa shape index (κ1) is 13.9. The highest BCUT2D eigenvalue weighted by molar-refractivity contribution is 9.11. The Kier molecular flexibility index (Phi) is 2.93. The van der Waals surface area contributed by atoms with Crippen LogP contribution in [0.1, 0.15) is 24.6 Å². The smallest absolute Gasteiger partial charge is 0.113 e. The van der Waals surface area contributed by atoms with Gasteiger partial charge in [-0.3, -0.25) is 9.20 Å². The van der Waals surface area contributed by atoms with E-state index in [0.717, 1.165) is 21.5 Å². The number of hydrogen-bond acceptors (Lipinski definition) is 4. The van der Waals surface area contributed by atoms with Gasteiger partial charge in [-0.25, -0.2) is 0 Å². The van der Waals surface area contributed by atoms with Crippen molar-refractivity contribution in [2.75, 3.05) is 5.75 Å². The van der Waals surface area contributed by atoms with Gasteiger partial charge in [0.25, 0.3) is 0 Å². The van der Waals surface area contributed by atoms with Gasteiger partial charge in [0.15, 0.2) is 0 Å². The third-order valence-electron chi connectivity index (χ3n) is 3.91. The van der Waals surface area contributed by atoms with E-state index in [1.54, 1.807) is 0 Å². The molecule has 1 spiro atoms. The van der Waals surface area contributed by atoms with Gasteiger partial charge in [0, 0.05) is 5.75 Å². The monoisotopic (exact) mass is 380 g/mol. The molecule has 0 aromatic carbocycles. The molecule has 7 heteroatoms. The van der Waals surface area contributed by atoms with E-state index in [1.807, 2.05) is 13.0 Å². The van der Waals surface area contributed by atoms with E-state index in [0.29, 0.717) is 16.6 Å². The molecule has 1 aliphatic carbocycles. The summed E-state index contributed by atoms with van der Waals surface area (Å²) in [6.45, 7) is 1.93. The molecule has 1 fully saturated rings. The summed E-state index contributed by atoms with van der Waals surface area (Å²) < 4.78 is 13.4. The van der Waals surface area contributed by atoms with Crippen molar-refractivity contribution in [3.63, 3.8) is 0 Å². The molecule has 1 aromatic rings. The molecule has 0 amide bonds. The van der Waals surface area contributed by atoms with Crippen molar-refractivity contribution in [2.24, 2.45) is 10.7 Å². The Morgan fingerprint density at radius 3 is 2.68 bits per heavy atom. The second kappa shape index (κ2) is 4.00. The highest BCUT2D eigenvalue weighted by Gasteiger charge is 2.58.